The maximum atomic E-state index is 12.3. The molecule has 0 unspecified atom stereocenters. The number of aliphatic carboxylic acids is 1. The topological polar surface area (TPSA) is 118 Å². The van der Waals surface area contributed by atoms with E-state index in [0.29, 0.717) is 4.31 Å². The third-order valence-corrected chi connectivity index (χ3v) is 4.91. The van der Waals surface area contributed by atoms with Crippen molar-refractivity contribution in [3.63, 3.8) is 0 Å². The fourth-order valence-electron chi connectivity index (χ4n) is 1.41. The zero-order valence-corrected chi connectivity index (χ0v) is 12.2. The minimum absolute atomic E-state index is 0.183. The van der Waals surface area contributed by atoms with Crippen LogP contribution in [0.3, 0.4) is 0 Å². The Morgan fingerprint density at radius 1 is 1.20 bits per heavy atom. The van der Waals surface area contributed by atoms with Crippen molar-refractivity contribution < 1.29 is 23.1 Å². The van der Waals surface area contributed by atoms with Crippen LogP contribution in [-0.2, 0) is 19.6 Å². The molecular formula is C10H10Cl2N2O5S. The van der Waals surface area contributed by atoms with Gasteiger partial charge in [0.25, 0.3) is 0 Å². The van der Waals surface area contributed by atoms with Crippen LogP contribution in [0.15, 0.2) is 23.1 Å². The molecule has 1 aromatic rings. The predicted octanol–water partition coefficient (Wildman–Crippen LogP) is 0.554. The molecule has 0 fully saturated rings. The smallest absolute Gasteiger partial charge is 0.318 e. The van der Waals surface area contributed by atoms with Gasteiger partial charge >= 0.3 is 5.97 Å². The van der Waals surface area contributed by atoms with Gasteiger partial charge < -0.3 is 10.8 Å². The van der Waals surface area contributed by atoms with Gasteiger partial charge in [0, 0.05) is 0 Å². The lowest BCUT2D eigenvalue weighted by Gasteiger charge is -2.20. The van der Waals surface area contributed by atoms with Crippen LogP contribution >= 0.6 is 23.2 Å². The number of hydrogen-bond acceptors (Lipinski definition) is 4. The normalized spacial score (nSPS) is 11.6. The molecule has 3 N–H and O–H groups in total. The van der Waals surface area contributed by atoms with Crippen LogP contribution in [0.1, 0.15) is 0 Å². The van der Waals surface area contributed by atoms with Gasteiger partial charge in [0.1, 0.15) is 11.4 Å². The maximum Gasteiger partial charge on any atom is 0.318 e. The van der Waals surface area contributed by atoms with Crippen LogP contribution in [0.2, 0.25) is 10.0 Å². The van der Waals surface area contributed by atoms with Gasteiger partial charge in [-0.2, -0.15) is 4.31 Å². The van der Waals surface area contributed by atoms with Gasteiger partial charge in [0.05, 0.1) is 16.6 Å². The van der Waals surface area contributed by atoms with E-state index in [1.54, 1.807) is 0 Å². The van der Waals surface area contributed by atoms with Crippen molar-refractivity contribution in [1.29, 1.82) is 0 Å². The summed E-state index contributed by atoms with van der Waals surface area (Å²) in [5.74, 6) is -2.45. The summed E-state index contributed by atoms with van der Waals surface area (Å²) in [6.45, 7) is -1.73. The Morgan fingerprint density at radius 2 is 1.70 bits per heavy atom. The van der Waals surface area contributed by atoms with Crippen molar-refractivity contribution in [2.75, 3.05) is 13.1 Å². The summed E-state index contributed by atoms with van der Waals surface area (Å²) in [5, 5.41) is 8.36. The highest BCUT2D eigenvalue weighted by Crippen LogP contribution is 2.31. The molecule has 1 amide bonds. The fourth-order valence-corrected chi connectivity index (χ4v) is 3.86. The van der Waals surface area contributed by atoms with Crippen LogP contribution in [0, 0.1) is 0 Å². The van der Waals surface area contributed by atoms with E-state index in [1.807, 2.05) is 0 Å². The van der Waals surface area contributed by atoms with E-state index in [9.17, 15) is 18.0 Å². The Morgan fingerprint density at radius 3 is 2.10 bits per heavy atom. The number of carbonyl (C=O) groups is 2. The number of carboxylic acid groups (broad SMARTS) is 1. The van der Waals surface area contributed by atoms with Gasteiger partial charge in [-0.25, -0.2) is 8.42 Å². The van der Waals surface area contributed by atoms with Gasteiger partial charge in [0.15, 0.2) is 0 Å². The first-order valence-electron chi connectivity index (χ1n) is 5.10. The van der Waals surface area contributed by atoms with E-state index < -0.39 is 39.9 Å². The van der Waals surface area contributed by atoms with Crippen LogP contribution in [0.25, 0.3) is 0 Å². The second-order valence-electron chi connectivity index (χ2n) is 3.68. The number of rotatable bonds is 6. The summed E-state index contributed by atoms with van der Waals surface area (Å²) >= 11 is 11.6. The number of primary amides is 1. The van der Waals surface area contributed by atoms with Crippen molar-refractivity contribution in [2.24, 2.45) is 5.73 Å². The molecule has 20 heavy (non-hydrogen) atoms. The lowest BCUT2D eigenvalue weighted by atomic mass is 10.4. The SMILES string of the molecule is NC(=O)CN(CC(=O)O)S(=O)(=O)c1c(Cl)cccc1Cl. The van der Waals surface area contributed by atoms with Crippen molar-refractivity contribution in [3.05, 3.63) is 28.2 Å². The van der Waals surface area contributed by atoms with E-state index in [-0.39, 0.29) is 10.0 Å². The number of carbonyl (C=O) groups excluding carboxylic acids is 1. The highest BCUT2D eigenvalue weighted by Gasteiger charge is 2.31. The average Bonchev–Trinajstić information content (AvgIpc) is 2.26. The third-order valence-electron chi connectivity index (χ3n) is 2.16. The minimum Gasteiger partial charge on any atom is -0.480 e. The first-order chi connectivity index (χ1) is 9.16. The molecule has 0 aliphatic carbocycles. The zero-order valence-electron chi connectivity index (χ0n) is 9.92. The largest absolute Gasteiger partial charge is 0.480 e. The summed E-state index contributed by atoms with van der Waals surface area (Å²) in [6.07, 6.45) is 0. The molecule has 1 aromatic carbocycles. The standard InChI is InChI=1S/C10H10Cl2N2O5S/c11-6-2-1-3-7(12)10(6)20(18,19)14(4-8(13)15)5-9(16)17/h1-3H,4-5H2,(H2,13,15)(H,16,17). The molecule has 0 aromatic heterocycles. The molecule has 0 bridgehead atoms. The Labute approximate surface area is 124 Å². The minimum atomic E-state index is -4.36. The van der Waals surface area contributed by atoms with Crippen LogP contribution < -0.4 is 5.73 Å². The van der Waals surface area contributed by atoms with E-state index in [1.165, 1.54) is 18.2 Å². The van der Waals surface area contributed by atoms with Gasteiger partial charge in [-0.05, 0) is 12.1 Å². The monoisotopic (exact) mass is 340 g/mol. The highest BCUT2D eigenvalue weighted by molar-refractivity contribution is 7.89. The van der Waals surface area contributed by atoms with Gasteiger partial charge in [-0.3, -0.25) is 9.59 Å². The second kappa shape index (κ2) is 6.40. The van der Waals surface area contributed by atoms with Crippen molar-refractivity contribution in [2.45, 2.75) is 4.90 Å². The Hall–Kier alpha value is -1.35. The number of halogens is 2. The summed E-state index contributed by atoms with van der Waals surface area (Å²) in [4.78, 5) is 21.1. The predicted molar refractivity (Wildman–Crippen MR) is 72.1 cm³/mol. The number of hydrogen-bond donors (Lipinski definition) is 2. The number of benzene rings is 1. The van der Waals surface area contributed by atoms with E-state index >= 15 is 0 Å². The lowest BCUT2D eigenvalue weighted by molar-refractivity contribution is -0.137. The molecule has 7 nitrogen and oxygen atoms in total. The Balaban J connectivity index is 3.36. The Kier molecular flexibility index (Phi) is 5.35. The fraction of sp³-hybridized carbons (Fsp3) is 0.200. The Bertz CT molecular complexity index is 611. The molecule has 10 heteroatoms. The molecule has 110 valence electrons. The number of sulfonamides is 1. The van der Waals surface area contributed by atoms with E-state index in [4.69, 9.17) is 34.0 Å². The third kappa shape index (κ3) is 3.83. The van der Waals surface area contributed by atoms with Crippen molar-refractivity contribution in [3.8, 4) is 0 Å². The van der Waals surface area contributed by atoms with Crippen molar-refractivity contribution in [1.82, 2.24) is 4.31 Å². The first-order valence-corrected chi connectivity index (χ1v) is 7.30. The molecule has 0 saturated heterocycles. The summed E-state index contributed by atoms with van der Waals surface area (Å²) in [6, 6.07) is 3.99. The summed E-state index contributed by atoms with van der Waals surface area (Å²) in [5.41, 5.74) is 4.92. The number of amides is 1. The molecule has 0 heterocycles. The second-order valence-corrected chi connectivity index (χ2v) is 6.37. The van der Waals surface area contributed by atoms with Gasteiger partial charge in [-0.1, -0.05) is 29.3 Å². The zero-order chi connectivity index (χ0) is 15.5. The molecule has 0 radical (unpaired) electrons. The summed E-state index contributed by atoms with van der Waals surface area (Å²) < 4.78 is 25.1. The van der Waals surface area contributed by atoms with Crippen LogP contribution in [-0.4, -0.2) is 42.8 Å². The van der Waals surface area contributed by atoms with E-state index in [2.05, 4.69) is 0 Å². The number of carboxylic acids is 1. The lowest BCUT2D eigenvalue weighted by Crippen LogP contribution is -2.41. The molecule has 0 saturated carbocycles. The maximum absolute atomic E-state index is 12.3. The van der Waals surface area contributed by atoms with Gasteiger partial charge in [0.2, 0.25) is 15.9 Å². The quantitative estimate of drug-likeness (QED) is 0.784. The molecular weight excluding hydrogens is 331 g/mol. The van der Waals surface area contributed by atoms with Gasteiger partial charge in [-0.15, -0.1) is 0 Å². The van der Waals surface area contributed by atoms with Crippen LogP contribution in [0.4, 0.5) is 0 Å². The molecule has 0 spiro atoms. The molecule has 0 atom stereocenters. The average molecular weight is 341 g/mol. The molecule has 0 aliphatic heterocycles. The first kappa shape index (κ1) is 16.7. The van der Waals surface area contributed by atoms with Crippen molar-refractivity contribution >= 4 is 45.1 Å². The van der Waals surface area contributed by atoms with Crippen LogP contribution in [0.5, 0.6) is 0 Å². The summed E-state index contributed by atoms with van der Waals surface area (Å²) in [7, 11) is -4.36. The number of nitrogens with two attached hydrogens (primary N) is 1. The number of nitrogens with zero attached hydrogens (tertiary/aromatic N) is 1. The molecule has 1 rings (SSSR count). The molecule has 0 aliphatic rings. The highest BCUT2D eigenvalue weighted by atomic mass is 35.5. The van der Waals surface area contributed by atoms with E-state index in [0.717, 1.165) is 0 Å².